The number of H-pyrrole nitrogens is 1. The third-order valence-electron chi connectivity index (χ3n) is 3.94. The molecular weight excluding hydrogens is 315 g/mol. The monoisotopic (exact) mass is 334 g/mol. The Bertz CT molecular complexity index is 662. The topological polar surface area (TPSA) is 99.3 Å². The summed E-state index contributed by atoms with van der Waals surface area (Å²) in [5.74, 6) is 0.0413. The first-order chi connectivity index (χ1) is 11.6. The summed E-state index contributed by atoms with van der Waals surface area (Å²) in [6, 6.07) is 5.03. The van der Waals surface area contributed by atoms with E-state index >= 15 is 0 Å². The second-order valence-corrected chi connectivity index (χ2v) is 5.60. The minimum Gasteiger partial charge on any atom is -0.389 e. The Hall–Kier alpha value is -2.29. The summed E-state index contributed by atoms with van der Waals surface area (Å²) < 4.78 is 18.4. The summed E-state index contributed by atoms with van der Waals surface area (Å²) in [4.78, 5) is 19.0. The van der Waals surface area contributed by atoms with Crippen molar-refractivity contribution in [1.82, 2.24) is 20.6 Å². The van der Waals surface area contributed by atoms with Crippen molar-refractivity contribution in [2.45, 2.75) is 24.8 Å². The summed E-state index contributed by atoms with van der Waals surface area (Å²) in [6.45, 7) is 1.02. The first kappa shape index (κ1) is 16.6. The van der Waals surface area contributed by atoms with Gasteiger partial charge in [-0.1, -0.05) is 0 Å². The maximum Gasteiger partial charge on any atom is 0.251 e. The maximum atomic E-state index is 12.9. The molecule has 1 fully saturated rings. The second-order valence-electron chi connectivity index (χ2n) is 5.60. The average Bonchev–Trinajstić information content (AvgIpc) is 3.21. The largest absolute Gasteiger partial charge is 0.389 e. The van der Waals surface area contributed by atoms with E-state index in [-0.39, 0.29) is 18.5 Å². The molecule has 2 aromatic rings. The van der Waals surface area contributed by atoms with Gasteiger partial charge >= 0.3 is 0 Å². The van der Waals surface area contributed by atoms with Gasteiger partial charge in [-0.2, -0.15) is 0 Å². The highest BCUT2D eigenvalue weighted by molar-refractivity contribution is 5.94. The molecule has 1 aromatic carbocycles. The Morgan fingerprint density at radius 2 is 2.21 bits per heavy atom. The van der Waals surface area contributed by atoms with E-state index in [1.807, 2.05) is 0 Å². The molecule has 2 heterocycles. The van der Waals surface area contributed by atoms with Crippen molar-refractivity contribution in [3.05, 3.63) is 53.9 Å². The van der Waals surface area contributed by atoms with E-state index in [9.17, 15) is 14.3 Å². The molecule has 1 saturated heterocycles. The second kappa shape index (κ2) is 7.52. The van der Waals surface area contributed by atoms with E-state index in [1.54, 1.807) is 12.4 Å². The zero-order valence-electron chi connectivity index (χ0n) is 12.9. The average molecular weight is 334 g/mol. The van der Waals surface area contributed by atoms with Gasteiger partial charge in [0.25, 0.3) is 5.91 Å². The molecular formula is C16H19FN4O3. The van der Waals surface area contributed by atoms with Crippen molar-refractivity contribution in [3.8, 4) is 0 Å². The molecule has 0 saturated carbocycles. The Morgan fingerprint density at radius 1 is 1.42 bits per heavy atom. The van der Waals surface area contributed by atoms with Crippen LogP contribution >= 0.6 is 0 Å². The minimum atomic E-state index is -0.742. The van der Waals surface area contributed by atoms with Gasteiger partial charge in [0.05, 0.1) is 25.3 Å². The molecule has 0 radical (unpaired) electrons. The van der Waals surface area contributed by atoms with E-state index in [0.29, 0.717) is 18.7 Å². The van der Waals surface area contributed by atoms with Crippen molar-refractivity contribution in [3.63, 3.8) is 0 Å². The van der Waals surface area contributed by atoms with Crippen molar-refractivity contribution in [2.75, 3.05) is 13.2 Å². The Balaban J connectivity index is 1.46. The summed E-state index contributed by atoms with van der Waals surface area (Å²) in [5, 5.41) is 16.1. The Kier molecular flexibility index (Phi) is 5.19. The lowest BCUT2D eigenvalue weighted by Crippen LogP contribution is -2.44. The van der Waals surface area contributed by atoms with Gasteiger partial charge in [-0.25, -0.2) is 9.37 Å². The molecule has 0 bridgehead atoms. The number of imidazole rings is 1. The number of ether oxygens (including phenoxy) is 1. The van der Waals surface area contributed by atoms with Gasteiger partial charge in [-0.15, -0.1) is 0 Å². The number of hydrogen-bond donors (Lipinski definition) is 4. The van der Waals surface area contributed by atoms with Crippen LogP contribution in [0.3, 0.4) is 0 Å². The van der Waals surface area contributed by atoms with Crippen LogP contribution < -0.4 is 10.6 Å². The summed E-state index contributed by atoms with van der Waals surface area (Å²) in [7, 11) is 0. The number of nitrogens with zero attached hydrogens (tertiary/aromatic N) is 1. The highest BCUT2D eigenvalue weighted by atomic mass is 19.1. The highest BCUT2D eigenvalue weighted by Gasteiger charge is 2.35. The van der Waals surface area contributed by atoms with Gasteiger partial charge in [-0.05, 0) is 24.3 Å². The minimum absolute atomic E-state index is 0.177. The van der Waals surface area contributed by atoms with E-state index in [0.717, 1.165) is 5.82 Å². The van der Waals surface area contributed by atoms with E-state index < -0.39 is 18.0 Å². The van der Waals surface area contributed by atoms with Crippen LogP contribution in [-0.4, -0.2) is 52.4 Å². The number of aromatic amines is 1. The fourth-order valence-corrected chi connectivity index (χ4v) is 2.56. The lowest BCUT2D eigenvalue weighted by molar-refractivity contribution is 0.0398. The van der Waals surface area contributed by atoms with Crippen LogP contribution in [0.1, 0.15) is 16.2 Å². The molecule has 0 spiro atoms. The number of rotatable bonds is 6. The van der Waals surface area contributed by atoms with Gasteiger partial charge in [-0.3, -0.25) is 4.79 Å². The van der Waals surface area contributed by atoms with E-state index in [4.69, 9.17) is 4.74 Å². The number of carbonyl (C=O) groups excluding carboxylic acids is 1. The van der Waals surface area contributed by atoms with Crippen LogP contribution in [0.2, 0.25) is 0 Å². The Morgan fingerprint density at radius 3 is 2.92 bits per heavy atom. The number of carbonyl (C=O) groups is 1. The van der Waals surface area contributed by atoms with Crippen LogP contribution in [0, 0.1) is 5.82 Å². The molecule has 1 aliphatic rings. The molecule has 3 atom stereocenters. The highest BCUT2D eigenvalue weighted by Crippen LogP contribution is 2.14. The number of nitrogens with one attached hydrogen (secondary N) is 3. The van der Waals surface area contributed by atoms with Crippen molar-refractivity contribution >= 4 is 5.91 Å². The molecule has 1 aliphatic heterocycles. The van der Waals surface area contributed by atoms with E-state index in [1.165, 1.54) is 24.3 Å². The molecule has 3 rings (SSSR count). The number of amides is 1. The van der Waals surface area contributed by atoms with Gasteiger partial charge in [0.15, 0.2) is 0 Å². The predicted octanol–water partition coefficient (Wildman–Crippen LogP) is 0.197. The third kappa shape index (κ3) is 3.97. The predicted molar refractivity (Wildman–Crippen MR) is 83.7 cm³/mol. The smallest absolute Gasteiger partial charge is 0.251 e. The number of aliphatic hydroxyl groups is 1. The Labute approximate surface area is 138 Å². The zero-order valence-corrected chi connectivity index (χ0v) is 12.9. The van der Waals surface area contributed by atoms with Crippen LogP contribution in [0.5, 0.6) is 0 Å². The van der Waals surface area contributed by atoms with Crippen molar-refractivity contribution in [1.29, 1.82) is 0 Å². The molecule has 1 amide bonds. The fourth-order valence-electron chi connectivity index (χ4n) is 2.56. The fraction of sp³-hybridized carbons (Fsp3) is 0.375. The molecule has 7 nitrogen and oxygen atoms in total. The van der Waals surface area contributed by atoms with Crippen LogP contribution in [0.15, 0.2) is 36.7 Å². The van der Waals surface area contributed by atoms with E-state index in [2.05, 4.69) is 20.6 Å². The first-order valence-corrected chi connectivity index (χ1v) is 7.68. The van der Waals surface area contributed by atoms with Crippen LogP contribution in [0.4, 0.5) is 4.39 Å². The zero-order chi connectivity index (χ0) is 16.9. The maximum absolute atomic E-state index is 12.9. The molecule has 24 heavy (non-hydrogen) atoms. The number of hydrogen-bond acceptors (Lipinski definition) is 5. The van der Waals surface area contributed by atoms with Gasteiger partial charge < -0.3 is 25.5 Å². The lowest BCUT2D eigenvalue weighted by Gasteiger charge is -2.18. The van der Waals surface area contributed by atoms with Crippen molar-refractivity contribution in [2.24, 2.45) is 0 Å². The third-order valence-corrected chi connectivity index (χ3v) is 3.94. The van der Waals surface area contributed by atoms with Gasteiger partial charge in [0, 0.05) is 24.5 Å². The van der Waals surface area contributed by atoms with Crippen LogP contribution in [-0.2, 0) is 11.3 Å². The summed E-state index contributed by atoms with van der Waals surface area (Å²) in [5.41, 5.74) is 0.358. The van der Waals surface area contributed by atoms with Gasteiger partial charge in [0.2, 0.25) is 0 Å². The molecule has 3 unspecified atom stereocenters. The summed E-state index contributed by atoms with van der Waals surface area (Å²) in [6.07, 6.45) is 2.15. The standard InChI is InChI=1S/C16H19FN4O3/c17-11-3-1-10(2-4-11)16(23)21-7-13-15(22)12(9-24-13)20-8-14-18-5-6-19-14/h1-6,12-13,15,20,22H,7-9H2,(H,18,19)(H,21,23). The quantitative estimate of drug-likeness (QED) is 0.605. The van der Waals surface area contributed by atoms with Crippen molar-refractivity contribution < 1.29 is 19.0 Å². The lowest BCUT2D eigenvalue weighted by atomic mass is 10.1. The molecule has 1 aromatic heterocycles. The number of aromatic nitrogens is 2. The van der Waals surface area contributed by atoms with Gasteiger partial charge in [0.1, 0.15) is 17.7 Å². The number of aliphatic hydroxyl groups excluding tert-OH is 1. The molecule has 4 N–H and O–H groups in total. The molecule has 128 valence electrons. The number of halogens is 1. The normalized spacial score (nSPS) is 23.3. The number of benzene rings is 1. The SMILES string of the molecule is O=C(NCC1OCC(NCc2ncc[nH]2)C1O)c1ccc(F)cc1. The van der Waals surface area contributed by atoms with Crippen LogP contribution in [0.25, 0.3) is 0 Å². The molecule has 8 heteroatoms. The first-order valence-electron chi connectivity index (χ1n) is 7.68. The molecule has 0 aliphatic carbocycles. The summed E-state index contributed by atoms with van der Waals surface area (Å²) >= 11 is 0.